The number of amides is 1. The van der Waals surface area contributed by atoms with E-state index < -0.39 is 0 Å². The first-order valence-corrected chi connectivity index (χ1v) is 10.7. The maximum atomic E-state index is 12.4. The maximum Gasteiger partial charge on any atom is 0.410 e. The average Bonchev–Trinajstić information content (AvgIpc) is 3.19. The van der Waals surface area contributed by atoms with Crippen molar-refractivity contribution in [3.63, 3.8) is 0 Å². The van der Waals surface area contributed by atoms with Gasteiger partial charge in [0, 0.05) is 25.3 Å². The highest BCUT2D eigenvalue weighted by Gasteiger charge is 2.38. The minimum Gasteiger partial charge on any atom is -0.497 e. The van der Waals surface area contributed by atoms with Crippen molar-refractivity contribution in [3.8, 4) is 11.5 Å². The highest BCUT2D eigenvalue weighted by atomic mass is 32.1. The molecule has 2 aromatic rings. The van der Waals surface area contributed by atoms with Gasteiger partial charge in [0.2, 0.25) is 0 Å². The van der Waals surface area contributed by atoms with Gasteiger partial charge in [-0.3, -0.25) is 4.98 Å². The van der Waals surface area contributed by atoms with Crippen LogP contribution in [0.15, 0.2) is 48.8 Å². The van der Waals surface area contributed by atoms with E-state index in [1.807, 2.05) is 41.3 Å². The number of piperidine rings is 1. The number of pyridine rings is 1. The topological polar surface area (TPSA) is 76.2 Å². The Labute approximate surface area is 187 Å². The Kier molecular flexibility index (Phi) is 6.71. The molecule has 1 amide bonds. The molecule has 1 aromatic heterocycles. The first kappa shape index (κ1) is 21.2. The molecule has 0 aliphatic carbocycles. The molecule has 0 radical (unpaired) electrons. The Morgan fingerprint density at radius 1 is 1.23 bits per heavy atom. The van der Waals surface area contributed by atoms with Crippen molar-refractivity contribution >= 4 is 29.1 Å². The van der Waals surface area contributed by atoms with Crippen LogP contribution in [0.5, 0.6) is 11.5 Å². The summed E-state index contributed by atoms with van der Waals surface area (Å²) in [5.74, 6) is 1.49. The molecule has 8 nitrogen and oxygen atoms in total. The molecule has 1 aromatic carbocycles. The fourth-order valence-electron chi connectivity index (χ4n) is 3.81. The molecule has 2 saturated heterocycles. The summed E-state index contributed by atoms with van der Waals surface area (Å²) >= 11 is 5.53. The molecular formula is C22H26N4O4S. The van der Waals surface area contributed by atoms with Gasteiger partial charge in [0.1, 0.15) is 18.1 Å². The number of thiocarbonyl (C=S) groups is 1. The third-order valence-corrected chi connectivity index (χ3v) is 5.86. The summed E-state index contributed by atoms with van der Waals surface area (Å²) in [5, 5.41) is 3.90. The number of rotatable bonds is 6. The van der Waals surface area contributed by atoms with E-state index in [9.17, 15) is 4.79 Å². The first-order chi connectivity index (χ1) is 15.1. The molecule has 2 aliphatic rings. The summed E-state index contributed by atoms with van der Waals surface area (Å²) in [5.41, 5.74) is 0.873. The van der Waals surface area contributed by atoms with Crippen LogP contribution in [0.2, 0.25) is 0 Å². The van der Waals surface area contributed by atoms with E-state index in [4.69, 9.17) is 26.4 Å². The number of nitrogens with one attached hydrogen (secondary N) is 1. The molecular weight excluding hydrogens is 416 g/mol. The summed E-state index contributed by atoms with van der Waals surface area (Å²) in [7, 11) is 1.62. The summed E-state index contributed by atoms with van der Waals surface area (Å²) < 4.78 is 16.5. The van der Waals surface area contributed by atoms with Gasteiger partial charge in [-0.1, -0.05) is 0 Å². The normalized spacial score (nSPS) is 19.1. The van der Waals surface area contributed by atoms with Gasteiger partial charge < -0.3 is 29.3 Å². The minimum absolute atomic E-state index is 0.149. The van der Waals surface area contributed by atoms with Crippen molar-refractivity contribution in [1.82, 2.24) is 14.8 Å². The molecule has 1 N–H and O–H groups in total. The Morgan fingerprint density at radius 2 is 1.97 bits per heavy atom. The van der Waals surface area contributed by atoms with E-state index in [1.54, 1.807) is 19.5 Å². The molecule has 0 saturated carbocycles. The molecule has 9 heteroatoms. The maximum absolute atomic E-state index is 12.4. The monoisotopic (exact) mass is 442 g/mol. The number of aromatic nitrogens is 1. The SMILES string of the molecule is COc1ccc(OCC2CN(C3CCN(C(=S)Nc4cccnc4)CC3)C(=O)O2)cc1. The van der Waals surface area contributed by atoms with Crippen molar-refractivity contribution in [2.75, 3.05) is 38.7 Å². The third kappa shape index (κ3) is 5.35. The highest BCUT2D eigenvalue weighted by Crippen LogP contribution is 2.24. The molecule has 164 valence electrons. The number of cyclic esters (lactones) is 1. The number of likely N-dealkylation sites (tertiary alicyclic amines) is 1. The van der Waals surface area contributed by atoms with Gasteiger partial charge in [-0.05, 0) is 61.5 Å². The Hall–Kier alpha value is -3.07. The largest absolute Gasteiger partial charge is 0.497 e. The molecule has 0 bridgehead atoms. The van der Waals surface area contributed by atoms with Gasteiger partial charge in [-0.15, -0.1) is 0 Å². The van der Waals surface area contributed by atoms with Crippen LogP contribution < -0.4 is 14.8 Å². The number of methoxy groups -OCH3 is 1. The predicted molar refractivity (Wildman–Crippen MR) is 121 cm³/mol. The van der Waals surface area contributed by atoms with Crippen LogP contribution in [0.4, 0.5) is 10.5 Å². The summed E-state index contributed by atoms with van der Waals surface area (Å²) in [4.78, 5) is 20.5. The van der Waals surface area contributed by atoms with Crippen LogP contribution in [0.3, 0.4) is 0 Å². The van der Waals surface area contributed by atoms with E-state index in [0.29, 0.717) is 18.3 Å². The molecule has 3 heterocycles. The summed E-state index contributed by atoms with van der Waals surface area (Å²) in [6.45, 7) is 2.44. The Balaban J connectivity index is 1.23. The number of anilines is 1. The zero-order chi connectivity index (χ0) is 21.6. The average molecular weight is 443 g/mol. The number of carbonyl (C=O) groups is 1. The summed E-state index contributed by atoms with van der Waals surface area (Å²) in [6.07, 6.45) is 4.61. The smallest absolute Gasteiger partial charge is 0.410 e. The highest BCUT2D eigenvalue weighted by molar-refractivity contribution is 7.80. The number of hydrogen-bond donors (Lipinski definition) is 1. The van der Waals surface area contributed by atoms with E-state index in [-0.39, 0.29) is 18.2 Å². The van der Waals surface area contributed by atoms with E-state index in [0.717, 1.165) is 43.1 Å². The Morgan fingerprint density at radius 3 is 2.65 bits per heavy atom. The van der Waals surface area contributed by atoms with Crippen molar-refractivity contribution in [3.05, 3.63) is 48.8 Å². The second-order valence-corrected chi connectivity index (χ2v) is 7.92. The number of nitrogens with zero attached hydrogens (tertiary/aromatic N) is 3. The predicted octanol–water partition coefficient (Wildman–Crippen LogP) is 3.15. The molecule has 31 heavy (non-hydrogen) atoms. The third-order valence-electron chi connectivity index (χ3n) is 5.50. The fraction of sp³-hybridized carbons (Fsp3) is 0.409. The molecule has 1 atom stereocenters. The van der Waals surface area contributed by atoms with Crippen molar-refractivity contribution in [2.24, 2.45) is 0 Å². The van der Waals surface area contributed by atoms with Crippen molar-refractivity contribution in [2.45, 2.75) is 25.0 Å². The second kappa shape index (κ2) is 9.82. The standard InChI is InChI=1S/C22H26N4O4S/c1-28-18-4-6-19(7-5-18)29-15-20-14-26(22(27)30-20)17-8-11-25(12-9-17)21(31)24-16-3-2-10-23-13-16/h2-7,10,13,17,20H,8-9,11-12,14-15H2,1H3,(H,24,31). The lowest BCUT2D eigenvalue weighted by atomic mass is 10.0. The van der Waals surface area contributed by atoms with E-state index >= 15 is 0 Å². The van der Waals surface area contributed by atoms with Crippen LogP contribution in [0.25, 0.3) is 0 Å². The summed E-state index contributed by atoms with van der Waals surface area (Å²) in [6, 6.07) is 11.3. The van der Waals surface area contributed by atoms with Crippen LogP contribution in [-0.4, -0.2) is 71.5 Å². The van der Waals surface area contributed by atoms with Crippen LogP contribution in [-0.2, 0) is 4.74 Å². The molecule has 1 unspecified atom stereocenters. The van der Waals surface area contributed by atoms with Gasteiger partial charge in [-0.2, -0.15) is 0 Å². The van der Waals surface area contributed by atoms with Gasteiger partial charge in [-0.25, -0.2) is 4.79 Å². The van der Waals surface area contributed by atoms with Crippen molar-refractivity contribution in [1.29, 1.82) is 0 Å². The quantitative estimate of drug-likeness (QED) is 0.684. The van der Waals surface area contributed by atoms with Gasteiger partial charge >= 0.3 is 6.09 Å². The van der Waals surface area contributed by atoms with Gasteiger partial charge in [0.15, 0.2) is 11.2 Å². The van der Waals surface area contributed by atoms with Crippen LogP contribution in [0, 0.1) is 0 Å². The van der Waals surface area contributed by atoms with Crippen LogP contribution >= 0.6 is 12.2 Å². The lowest BCUT2D eigenvalue weighted by molar-refractivity contribution is 0.0997. The second-order valence-electron chi connectivity index (χ2n) is 7.53. The van der Waals surface area contributed by atoms with Gasteiger partial charge in [0.05, 0.1) is 25.5 Å². The lowest BCUT2D eigenvalue weighted by Gasteiger charge is -2.36. The molecule has 2 fully saturated rings. The minimum atomic E-state index is -0.277. The van der Waals surface area contributed by atoms with Gasteiger partial charge in [0.25, 0.3) is 0 Å². The van der Waals surface area contributed by atoms with Crippen molar-refractivity contribution < 1.29 is 19.0 Å². The Bertz CT molecular complexity index is 888. The first-order valence-electron chi connectivity index (χ1n) is 10.3. The number of carbonyl (C=O) groups excluding carboxylic acids is 1. The number of hydrogen-bond acceptors (Lipinski definition) is 6. The lowest BCUT2D eigenvalue weighted by Crippen LogP contribution is -2.48. The fourth-order valence-corrected chi connectivity index (χ4v) is 4.11. The molecule has 2 aliphatic heterocycles. The number of ether oxygens (including phenoxy) is 3. The number of benzene rings is 1. The molecule has 0 spiro atoms. The van der Waals surface area contributed by atoms with E-state index in [1.165, 1.54) is 0 Å². The van der Waals surface area contributed by atoms with Crippen LogP contribution in [0.1, 0.15) is 12.8 Å². The molecule has 4 rings (SSSR count). The van der Waals surface area contributed by atoms with E-state index in [2.05, 4.69) is 15.2 Å². The zero-order valence-corrected chi connectivity index (χ0v) is 18.2. The zero-order valence-electron chi connectivity index (χ0n) is 17.4.